The largest absolute Gasteiger partial charge is 0.497 e. The Morgan fingerprint density at radius 2 is 1.92 bits per heavy atom. The van der Waals surface area contributed by atoms with Crippen molar-refractivity contribution in [2.45, 2.75) is 18.9 Å². The highest BCUT2D eigenvalue weighted by molar-refractivity contribution is 7.91. The van der Waals surface area contributed by atoms with Crippen molar-refractivity contribution in [2.75, 3.05) is 23.5 Å². The molecule has 1 aliphatic heterocycles. The second kappa shape index (κ2) is 7.27. The summed E-state index contributed by atoms with van der Waals surface area (Å²) in [7, 11) is -1.53. The van der Waals surface area contributed by atoms with E-state index >= 15 is 0 Å². The lowest BCUT2D eigenvalue weighted by Crippen LogP contribution is -2.42. The van der Waals surface area contributed by atoms with Gasteiger partial charge in [0.1, 0.15) is 5.75 Å². The molecule has 0 aromatic heterocycles. The molecule has 1 atom stereocenters. The zero-order chi connectivity index (χ0) is 17.9. The van der Waals surface area contributed by atoms with Crippen molar-refractivity contribution < 1.29 is 17.9 Å². The van der Waals surface area contributed by atoms with Gasteiger partial charge in [0.2, 0.25) is 5.91 Å². The van der Waals surface area contributed by atoms with E-state index in [1.165, 1.54) is 0 Å². The van der Waals surface area contributed by atoms with Crippen LogP contribution >= 0.6 is 0 Å². The van der Waals surface area contributed by atoms with Crippen molar-refractivity contribution in [1.82, 2.24) is 0 Å². The summed E-state index contributed by atoms with van der Waals surface area (Å²) in [4.78, 5) is 14.6. The van der Waals surface area contributed by atoms with Crippen molar-refractivity contribution in [3.05, 3.63) is 60.2 Å². The molecule has 0 radical (unpaired) electrons. The first-order valence-electron chi connectivity index (χ1n) is 8.19. The van der Waals surface area contributed by atoms with Crippen molar-refractivity contribution >= 4 is 21.4 Å². The molecule has 1 saturated heterocycles. The van der Waals surface area contributed by atoms with E-state index in [2.05, 4.69) is 0 Å². The maximum atomic E-state index is 13.0. The Labute approximate surface area is 148 Å². The first kappa shape index (κ1) is 17.5. The van der Waals surface area contributed by atoms with Crippen LogP contribution < -0.4 is 9.64 Å². The summed E-state index contributed by atoms with van der Waals surface area (Å²) < 4.78 is 29.1. The molecule has 1 aliphatic rings. The standard InChI is InChI=1S/C19H21NO4S/c1-24-18-9-5-8-16(13-18)20(17-10-11-25(22,23)14-17)19(21)12-15-6-3-2-4-7-15/h2-9,13,17H,10-12,14H2,1H3. The number of amides is 1. The quantitative estimate of drug-likeness (QED) is 0.823. The minimum absolute atomic E-state index is 0.00470. The predicted molar refractivity (Wildman–Crippen MR) is 97.7 cm³/mol. The fraction of sp³-hybridized carbons (Fsp3) is 0.316. The number of nitrogens with zero attached hydrogens (tertiary/aromatic N) is 1. The molecule has 0 saturated carbocycles. The van der Waals surface area contributed by atoms with E-state index in [4.69, 9.17) is 4.74 Å². The number of carbonyl (C=O) groups is 1. The lowest BCUT2D eigenvalue weighted by atomic mass is 10.1. The molecule has 0 spiro atoms. The van der Waals surface area contributed by atoms with Crippen LogP contribution in [0.2, 0.25) is 0 Å². The molecule has 1 fully saturated rings. The average molecular weight is 359 g/mol. The number of sulfone groups is 1. The van der Waals surface area contributed by atoms with E-state index in [9.17, 15) is 13.2 Å². The second-order valence-corrected chi connectivity index (χ2v) is 8.41. The van der Waals surface area contributed by atoms with Gasteiger partial charge in [-0.05, 0) is 24.1 Å². The van der Waals surface area contributed by atoms with Gasteiger partial charge >= 0.3 is 0 Å². The van der Waals surface area contributed by atoms with Crippen LogP contribution in [0.4, 0.5) is 5.69 Å². The number of methoxy groups -OCH3 is 1. The van der Waals surface area contributed by atoms with Gasteiger partial charge in [-0.25, -0.2) is 8.42 Å². The van der Waals surface area contributed by atoms with Crippen LogP contribution in [0.3, 0.4) is 0 Å². The summed E-state index contributed by atoms with van der Waals surface area (Å²) in [6.45, 7) is 0. The molecule has 25 heavy (non-hydrogen) atoms. The molecule has 1 amide bonds. The Bertz CT molecular complexity index is 849. The summed E-state index contributed by atoms with van der Waals surface area (Å²) in [5, 5.41) is 0. The molecule has 0 N–H and O–H groups in total. The van der Waals surface area contributed by atoms with Gasteiger partial charge in [0.25, 0.3) is 0 Å². The maximum absolute atomic E-state index is 13.0. The van der Waals surface area contributed by atoms with Crippen LogP contribution in [0.25, 0.3) is 0 Å². The molecule has 1 heterocycles. The van der Waals surface area contributed by atoms with Gasteiger partial charge in [-0.2, -0.15) is 0 Å². The van der Waals surface area contributed by atoms with Gasteiger partial charge < -0.3 is 9.64 Å². The molecule has 6 heteroatoms. The summed E-state index contributed by atoms with van der Waals surface area (Å²) in [5.74, 6) is 0.652. The van der Waals surface area contributed by atoms with Crippen molar-refractivity contribution in [1.29, 1.82) is 0 Å². The Balaban J connectivity index is 1.92. The second-order valence-electron chi connectivity index (χ2n) is 6.18. The SMILES string of the molecule is COc1cccc(N(C(=O)Cc2ccccc2)C2CCS(=O)(=O)C2)c1. The van der Waals surface area contributed by atoms with Gasteiger partial charge in [-0.15, -0.1) is 0 Å². The summed E-state index contributed by atoms with van der Waals surface area (Å²) in [6, 6.07) is 16.3. The maximum Gasteiger partial charge on any atom is 0.231 e. The third kappa shape index (κ3) is 4.20. The topological polar surface area (TPSA) is 63.7 Å². The third-order valence-electron chi connectivity index (χ3n) is 4.37. The van der Waals surface area contributed by atoms with Crippen LogP contribution in [0.1, 0.15) is 12.0 Å². The molecule has 132 valence electrons. The fourth-order valence-electron chi connectivity index (χ4n) is 3.15. The summed E-state index contributed by atoms with van der Waals surface area (Å²) in [6.07, 6.45) is 0.689. The zero-order valence-electron chi connectivity index (χ0n) is 14.1. The molecule has 3 rings (SSSR count). The number of ether oxygens (including phenoxy) is 1. The molecule has 2 aromatic carbocycles. The van der Waals surface area contributed by atoms with E-state index in [0.29, 0.717) is 17.9 Å². The van der Waals surface area contributed by atoms with Crippen molar-refractivity contribution in [2.24, 2.45) is 0 Å². The van der Waals surface area contributed by atoms with Gasteiger partial charge in [0.05, 0.1) is 31.1 Å². The molecular weight excluding hydrogens is 338 g/mol. The number of carbonyl (C=O) groups excluding carboxylic acids is 1. The highest BCUT2D eigenvalue weighted by Crippen LogP contribution is 2.28. The number of anilines is 1. The van der Waals surface area contributed by atoms with Crippen LogP contribution in [0.5, 0.6) is 5.75 Å². The molecule has 2 aromatic rings. The predicted octanol–water partition coefficient (Wildman–Crippen LogP) is 2.46. The van der Waals surface area contributed by atoms with Crippen LogP contribution in [0, 0.1) is 0 Å². The smallest absolute Gasteiger partial charge is 0.231 e. The van der Waals surface area contributed by atoms with Gasteiger partial charge in [0.15, 0.2) is 9.84 Å². The van der Waals surface area contributed by atoms with Crippen LogP contribution in [0.15, 0.2) is 54.6 Å². The van der Waals surface area contributed by atoms with Crippen LogP contribution in [-0.4, -0.2) is 39.0 Å². The zero-order valence-corrected chi connectivity index (χ0v) is 14.9. The Morgan fingerprint density at radius 1 is 1.16 bits per heavy atom. The van der Waals surface area contributed by atoms with Gasteiger partial charge in [-0.3, -0.25) is 4.79 Å². The monoisotopic (exact) mass is 359 g/mol. The van der Waals surface area contributed by atoms with E-state index in [-0.39, 0.29) is 29.9 Å². The summed E-state index contributed by atoms with van der Waals surface area (Å²) in [5.41, 5.74) is 1.57. The van der Waals surface area contributed by atoms with E-state index < -0.39 is 9.84 Å². The lowest BCUT2D eigenvalue weighted by molar-refractivity contribution is -0.118. The summed E-state index contributed by atoms with van der Waals surface area (Å²) >= 11 is 0. The first-order valence-corrected chi connectivity index (χ1v) is 10.0. The average Bonchev–Trinajstić information content (AvgIpc) is 2.95. The Kier molecular flexibility index (Phi) is 5.08. The van der Waals surface area contributed by atoms with Gasteiger partial charge in [-0.1, -0.05) is 36.4 Å². The highest BCUT2D eigenvalue weighted by Gasteiger charge is 2.35. The van der Waals surface area contributed by atoms with E-state index in [0.717, 1.165) is 5.56 Å². The van der Waals surface area contributed by atoms with Crippen molar-refractivity contribution in [3.63, 3.8) is 0 Å². The van der Waals surface area contributed by atoms with E-state index in [1.54, 1.807) is 30.2 Å². The molecule has 0 bridgehead atoms. The normalized spacial score (nSPS) is 18.7. The number of hydrogen-bond donors (Lipinski definition) is 0. The first-order chi connectivity index (χ1) is 12.0. The minimum atomic E-state index is -3.10. The van der Waals surface area contributed by atoms with Crippen LogP contribution in [-0.2, 0) is 21.1 Å². The fourth-order valence-corrected chi connectivity index (χ4v) is 4.85. The molecule has 0 aliphatic carbocycles. The molecule has 5 nitrogen and oxygen atoms in total. The lowest BCUT2D eigenvalue weighted by Gasteiger charge is -2.29. The van der Waals surface area contributed by atoms with Crippen molar-refractivity contribution in [3.8, 4) is 5.75 Å². The molecular formula is C19H21NO4S. The van der Waals surface area contributed by atoms with E-state index in [1.807, 2.05) is 36.4 Å². The Hall–Kier alpha value is -2.34. The minimum Gasteiger partial charge on any atom is -0.497 e. The number of hydrogen-bond acceptors (Lipinski definition) is 4. The number of benzene rings is 2. The number of rotatable bonds is 5. The third-order valence-corrected chi connectivity index (χ3v) is 6.12. The highest BCUT2D eigenvalue weighted by atomic mass is 32.2. The Morgan fingerprint density at radius 3 is 2.56 bits per heavy atom. The van der Waals surface area contributed by atoms with Gasteiger partial charge in [0, 0.05) is 11.8 Å². The molecule has 1 unspecified atom stereocenters.